The van der Waals surface area contributed by atoms with Crippen LogP contribution in [-0.4, -0.2) is 23.5 Å². The molecule has 16 heavy (non-hydrogen) atoms. The van der Waals surface area contributed by atoms with Crippen LogP contribution in [0.25, 0.3) is 0 Å². The fourth-order valence-electron chi connectivity index (χ4n) is 1.88. The third kappa shape index (κ3) is 3.83. The molecule has 1 unspecified atom stereocenters. The molecule has 0 bridgehead atoms. The lowest BCUT2D eigenvalue weighted by Gasteiger charge is -2.21. The number of ether oxygens (including phenoxy) is 1. The van der Waals surface area contributed by atoms with E-state index in [0.29, 0.717) is 12.3 Å². The highest BCUT2D eigenvalue weighted by molar-refractivity contribution is 5.89. The van der Waals surface area contributed by atoms with Crippen LogP contribution in [0.1, 0.15) is 47.0 Å². The number of hydrogen-bond acceptors (Lipinski definition) is 3. The van der Waals surface area contributed by atoms with Crippen molar-refractivity contribution in [1.29, 1.82) is 0 Å². The topological polar surface area (TPSA) is 55.4 Å². The summed E-state index contributed by atoms with van der Waals surface area (Å²) in [5.74, 6) is 0.533. The number of rotatable bonds is 2. The Morgan fingerprint density at radius 3 is 2.56 bits per heavy atom. The van der Waals surface area contributed by atoms with Crippen molar-refractivity contribution in [2.24, 2.45) is 5.92 Å². The molecule has 1 N–H and O–H groups in total. The molecule has 0 aromatic carbocycles. The first-order valence-corrected chi connectivity index (χ1v) is 5.84. The normalized spacial score (nSPS) is 25.6. The summed E-state index contributed by atoms with van der Waals surface area (Å²) in [5, 5.41) is 2.64. The van der Waals surface area contributed by atoms with E-state index in [2.05, 4.69) is 12.2 Å². The van der Waals surface area contributed by atoms with Gasteiger partial charge >= 0.3 is 6.09 Å². The zero-order chi connectivity index (χ0) is 12.3. The average molecular weight is 227 g/mol. The van der Waals surface area contributed by atoms with Gasteiger partial charge in [-0.1, -0.05) is 13.3 Å². The van der Waals surface area contributed by atoms with Gasteiger partial charge in [-0.05, 0) is 33.1 Å². The molecule has 1 rings (SSSR count). The number of Topliss-reactive ketones (excluding diaryl/α,β-unsaturated/α-hetero) is 1. The number of alkyl carbamates (subject to hydrolysis) is 1. The van der Waals surface area contributed by atoms with Crippen LogP contribution in [0.5, 0.6) is 0 Å². The van der Waals surface area contributed by atoms with E-state index in [1.807, 2.05) is 0 Å². The smallest absolute Gasteiger partial charge is 0.408 e. The van der Waals surface area contributed by atoms with Crippen LogP contribution in [-0.2, 0) is 9.53 Å². The van der Waals surface area contributed by atoms with E-state index in [-0.39, 0.29) is 11.8 Å². The van der Waals surface area contributed by atoms with Crippen LogP contribution in [0.4, 0.5) is 4.79 Å². The zero-order valence-corrected chi connectivity index (χ0v) is 10.5. The molecule has 2 atom stereocenters. The molecular formula is C12H21NO3. The van der Waals surface area contributed by atoms with Gasteiger partial charge in [0, 0.05) is 6.42 Å². The lowest BCUT2D eigenvalue weighted by atomic mass is 10.1. The molecule has 1 aliphatic rings. The zero-order valence-electron chi connectivity index (χ0n) is 10.5. The summed E-state index contributed by atoms with van der Waals surface area (Å²) in [7, 11) is 0. The molecule has 0 saturated heterocycles. The number of carbonyl (C=O) groups excluding carboxylic acids is 2. The standard InChI is InChI=1S/C12H21NO3/c1-5-8-6-9(10(14)7-8)13-11(15)16-12(2,3)4/h8-9H,5-7H2,1-4H3,(H,13,15)/t8?,9-/m1/s1. The van der Waals surface area contributed by atoms with E-state index >= 15 is 0 Å². The second kappa shape index (κ2) is 4.85. The Bertz CT molecular complexity index is 280. The molecule has 1 saturated carbocycles. The largest absolute Gasteiger partial charge is 0.444 e. The lowest BCUT2D eigenvalue weighted by Crippen LogP contribution is -2.41. The van der Waals surface area contributed by atoms with Crippen molar-refractivity contribution in [3.63, 3.8) is 0 Å². The maximum atomic E-state index is 11.6. The van der Waals surface area contributed by atoms with Crippen molar-refractivity contribution in [1.82, 2.24) is 5.32 Å². The average Bonchev–Trinajstić information content (AvgIpc) is 2.44. The van der Waals surface area contributed by atoms with E-state index in [4.69, 9.17) is 4.74 Å². The van der Waals surface area contributed by atoms with Crippen LogP contribution in [0.2, 0.25) is 0 Å². The first kappa shape index (κ1) is 13.0. The minimum absolute atomic E-state index is 0.123. The van der Waals surface area contributed by atoms with Crippen molar-refractivity contribution in [2.45, 2.75) is 58.6 Å². The van der Waals surface area contributed by atoms with Crippen molar-refractivity contribution < 1.29 is 14.3 Å². The Balaban J connectivity index is 2.43. The van der Waals surface area contributed by atoms with Gasteiger partial charge in [0.15, 0.2) is 5.78 Å². The highest BCUT2D eigenvalue weighted by Gasteiger charge is 2.33. The molecule has 0 aliphatic heterocycles. The van der Waals surface area contributed by atoms with E-state index in [9.17, 15) is 9.59 Å². The van der Waals surface area contributed by atoms with Gasteiger partial charge < -0.3 is 10.1 Å². The molecule has 0 spiro atoms. The maximum absolute atomic E-state index is 11.6. The van der Waals surface area contributed by atoms with Gasteiger partial charge in [-0.15, -0.1) is 0 Å². The van der Waals surface area contributed by atoms with Crippen molar-refractivity contribution in [3.05, 3.63) is 0 Å². The van der Waals surface area contributed by atoms with E-state index in [1.165, 1.54) is 0 Å². The summed E-state index contributed by atoms with van der Waals surface area (Å²) in [6, 6.07) is -0.347. The number of ketones is 1. The molecule has 0 aromatic heterocycles. The van der Waals surface area contributed by atoms with Gasteiger partial charge in [0.25, 0.3) is 0 Å². The third-order valence-corrected chi connectivity index (χ3v) is 2.72. The SMILES string of the molecule is CCC1CC(=O)[C@H](NC(=O)OC(C)(C)C)C1. The Kier molecular flexibility index (Phi) is 3.94. The van der Waals surface area contributed by atoms with Crippen LogP contribution >= 0.6 is 0 Å². The van der Waals surface area contributed by atoms with Gasteiger partial charge in [0.05, 0.1) is 6.04 Å². The van der Waals surface area contributed by atoms with E-state index < -0.39 is 11.7 Å². The molecule has 0 aromatic rings. The quantitative estimate of drug-likeness (QED) is 0.787. The summed E-state index contributed by atoms with van der Waals surface area (Å²) < 4.78 is 5.11. The van der Waals surface area contributed by atoms with Crippen LogP contribution in [0.3, 0.4) is 0 Å². The summed E-state index contributed by atoms with van der Waals surface area (Å²) >= 11 is 0. The molecule has 1 aliphatic carbocycles. The number of nitrogens with one attached hydrogen (secondary N) is 1. The Hall–Kier alpha value is -1.06. The Morgan fingerprint density at radius 2 is 2.12 bits per heavy atom. The molecule has 0 heterocycles. The highest BCUT2D eigenvalue weighted by Crippen LogP contribution is 2.25. The molecule has 4 heteroatoms. The van der Waals surface area contributed by atoms with Crippen molar-refractivity contribution in [2.75, 3.05) is 0 Å². The van der Waals surface area contributed by atoms with Crippen LogP contribution in [0, 0.1) is 5.92 Å². The lowest BCUT2D eigenvalue weighted by molar-refractivity contribution is -0.119. The summed E-state index contributed by atoms with van der Waals surface area (Å²) in [5.41, 5.74) is -0.518. The number of carbonyl (C=O) groups is 2. The molecule has 1 amide bonds. The first-order valence-electron chi connectivity index (χ1n) is 5.84. The first-order chi connectivity index (χ1) is 7.31. The fourth-order valence-corrected chi connectivity index (χ4v) is 1.88. The fraction of sp³-hybridized carbons (Fsp3) is 0.833. The number of amides is 1. The summed E-state index contributed by atoms with van der Waals surface area (Å²) in [6.45, 7) is 7.47. The summed E-state index contributed by atoms with van der Waals surface area (Å²) in [4.78, 5) is 23.0. The van der Waals surface area contributed by atoms with Gasteiger partial charge in [-0.3, -0.25) is 4.79 Å². The Morgan fingerprint density at radius 1 is 1.50 bits per heavy atom. The maximum Gasteiger partial charge on any atom is 0.408 e. The van der Waals surface area contributed by atoms with Gasteiger partial charge in [-0.25, -0.2) is 4.79 Å². The van der Waals surface area contributed by atoms with Crippen molar-refractivity contribution >= 4 is 11.9 Å². The second-order valence-corrected chi connectivity index (χ2v) is 5.38. The third-order valence-electron chi connectivity index (χ3n) is 2.72. The highest BCUT2D eigenvalue weighted by atomic mass is 16.6. The minimum Gasteiger partial charge on any atom is -0.444 e. The van der Waals surface area contributed by atoms with E-state index in [0.717, 1.165) is 12.8 Å². The molecule has 4 nitrogen and oxygen atoms in total. The van der Waals surface area contributed by atoms with Gasteiger partial charge in [0.2, 0.25) is 0 Å². The van der Waals surface area contributed by atoms with Gasteiger partial charge in [0.1, 0.15) is 5.60 Å². The van der Waals surface area contributed by atoms with Crippen molar-refractivity contribution in [3.8, 4) is 0 Å². The van der Waals surface area contributed by atoms with E-state index in [1.54, 1.807) is 20.8 Å². The molecule has 0 radical (unpaired) electrons. The minimum atomic E-state index is -0.518. The van der Waals surface area contributed by atoms with Gasteiger partial charge in [-0.2, -0.15) is 0 Å². The predicted molar refractivity (Wildman–Crippen MR) is 61.2 cm³/mol. The molecule has 1 fully saturated rings. The monoisotopic (exact) mass is 227 g/mol. The molecule has 92 valence electrons. The summed E-state index contributed by atoms with van der Waals surface area (Å²) in [6.07, 6.45) is 1.81. The van der Waals surface area contributed by atoms with Crippen LogP contribution in [0.15, 0.2) is 0 Å². The number of hydrogen-bond donors (Lipinski definition) is 1. The predicted octanol–water partition coefficient (Wildman–Crippen LogP) is 2.27. The molecular weight excluding hydrogens is 206 g/mol. The van der Waals surface area contributed by atoms with Crippen LogP contribution < -0.4 is 5.32 Å². The second-order valence-electron chi connectivity index (χ2n) is 5.38. The Labute approximate surface area is 96.7 Å².